The molecule has 0 spiro atoms. The summed E-state index contributed by atoms with van der Waals surface area (Å²) in [5, 5.41) is 6.18. The summed E-state index contributed by atoms with van der Waals surface area (Å²) in [6.45, 7) is 0.540. The highest BCUT2D eigenvalue weighted by molar-refractivity contribution is 7.97. The molecule has 22 heavy (non-hydrogen) atoms. The van der Waals surface area contributed by atoms with Crippen molar-refractivity contribution >= 4 is 29.0 Å². The molecule has 0 aliphatic heterocycles. The van der Waals surface area contributed by atoms with E-state index in [4.69, 9.17) is 0 Å². The Morgan fingerprint density at radius 3 is 3.18 bits per heavy atom. The zero-order chi connectivity index (χ0) is 15.4. The molecule has 116 valence electrons. The first-order valence-electron chi connectivity index (χ1n) is 7.53. The fourth-order valence-corrected chi connectivity index (χ4v) is 4.48. The van der Waals surface area contributed by atoms with Crippen molar-refractivity contribution in [3.05, 3.63) is 51.5 Å². The summed E-state index contributed by atoms with van der Waals surface area (Å²) >= 11 is 3.43. The van der Waals surface area contributed by atoms with Gasteiger partial charge in [0.25, 0.3) is 0 Å². The van der Waals surface area contributed by atoms with Gasteiger partial charge < -0.3 is 5.32 Å². The minimum absolute atomic E-state index is 0.126. The summed E-state index contributed by atoms with van der Waals surface area (Å²) in [6.07, 6.45) is 4.83. The van der Waals surface area contributed by atoms with Crippen LogP contribution in [0.5, 0.6) is 0 Å². The first-order valence-corrected chi connectivity index (χ1v) is 9.80. The Labute approximate surface area is 139 Å². The van der Waals surface area contributed by atoms with Gasteiger partial charge in [-0.1, -0.05) is 24.3 Å². The predicted molar refractivity (Wildman–Crippen MR) is 93.3 cm³/mol. The lowest BCUT2D eigenvalue weighted by Crippen LogP contribution is -2.24. The molecule has 0 fully saturated rings. The number of carbonyl (C=O) groups excluding carboxylic acids is 1. The third-order valence-electron chi connectivity index (χ3n) is 4.02. The number of benzene rings is 1. The molecule has 0 radical (unpaired) electrons. The van der Waals surface area contributed by atoms with Gasteiger partial charge in [0, 0.05) is 17.6 Å². The van der Waals surface area contributed by atoms with Crippen LogP contribution in [0.2, 0.25) is 0 Å². The van der Waals surface area contributed by atoms with Gasteiger partial charge in [-0.2, -0.15) is 11.8 Å². The Hall–Kier alpha value is -1.33. The van der Waals surface area contributed by atoms with Gasteiger partial charge in [0.2, 0.25) is 5.91 Å². The van der Waals surface area contributed by atoms with Crippen LogP contribution in [-0.4, -0.2) is 17.1 Å². The molecule has 1 aliphatic carbocycles. The van der Waals surface area contributed by atoms with Gasteiger partial charge >= 0.3 is 0 Å². The molecule has 0 unspecified atom stereocenters. The van der Waals surface area contributed by atoms with Gasteiger partial charge in [-0.05, 0) is 36.1 Å². The van der Waals surface area contributed by atoms with E-state index in [1.807, 2.05) is 5.38 Å². The Bertz CT molecular complexity index is 654. The third-order valence-corrected chi connectivity index (χ3v) is 5.67. The summed E-state index contributed by atoms with van der Waals surface area (Å²) < 4.78 is 0. The maximum atomic E-state index is 12.2. The number of thioether (sulfide) groups is 1. The second-order valence-corrected chi connectivity index (χ2v) is 7.39. The van der Waals surface area contributed by atoms with E-state index in [1.165, 1.54) is 11.1 Å². The van der Waals surface area contributed by atoms with E-state index in [0.717, 1.165) is 29.3 Å². The molecule has 0 saturated carbocycles. The van der Waals surface area contributed by atoms with Crippen molar-refractivity contribution in [2.24, 2.45) is 0 Å². The molecule has 1 amide bonds. The average molecular weight is 332 g/mol. The Morgan fingerprint density at radius 1 is 1.45 bits per heavy atom. The van der Waals surface area contributed by atoms with Crippen molar-refractivity contribution in [3.8, 4) is 0 Å². The molecule has 1 aromatic heterocycles. The maximum absolute atomic E-state index is 12.2. The lowest BCUT2D eigenvalue weighted by molar-refractivity contribution is -0.121. The molecule has 5 heteroatoms. The first-order chi connectivity index (χ1) is 10.8. The fraction of sp³-hybridized carbons (Fsp3) is 0.412. The van der Waals surface area contributed by atoms with Crippen LogP contribution in [-0.2, 0) is 23.5 Å². The van der Waals surface area contributed by atoms with E-state index in [-0.39, 0.29) is 5.91 Å². The quantitative estimate of drug-likeness (QED) is 0.876. The number of hydrogen-bond donors (Lipinski definition) is 1. The molecule has 3 nitrogen and oxygen atoms in total. The smallest absolute Gasteiger partial charge is 0.220 e. The topological polar surface area (TPSA) is 42.0 Å². The van der Waals surface area contributed by atoms with E-state index >= 15 is 0 Å². The van der Waals surface area contributed by atoms with Crippen molar-refractivity contribution in [1.29, 1.82) is 0 Å². The van der Waals surface area contributed by atoms with Crippen LogP contribution in [0, 0.1) is 0 Å². The number of amides is 1. The molecule has 1 heterocycles. The summed E-state index contributed by atoms with van der Waals surface area (Å²) in [5.74, 6) is 1.44. The van der Waals surface area contributed by atoms with Crippen LogP contribution in [0.25, 0.3) is 0 Å². The van der Waals surface area contributed by atoms with E-state index < -0.39 is 0 Å². The summed E-state index contributed by atoms with van der Waals surface area (Å²) in [6, 6.07) is 8.48. The molecular weight excluding hydrogens is 312 g/mol. The van der Waals surface area contributed by atoms with Gasteiger partial charge in [-0.15, -0.1) is 11.3 Å². The van der Waals surface area contributed by atoms with Crippen molar-refractivity contribution in [2.75, 3.05) is 6.26 Å². The minimum Gasteiger partial charge on any atom is -0.350 e. The molecule has 0 saturated heterocycles. The van der Waals surface area contributed by atoms with Gasteiger partial charge in [-0.25, -0.2) is 4.98 Å². The molecule has 3 rings (SSSR count). The van der Waals surface area contributed by atoms with Crippen LogP contribution >= 0.6 is 23.1 Å². The first kappa shape index (κ1) is 15.6. The van der Waals surface area contributed by atoms with E-state index in [2.05, 4.69) is 40.8 Å². The number of carbonyl (C=O) groups is 1. The zero-order valence-electron chi connectivity index (χ0n) is 12.7. The van der Waals surface area contributed by atoms with Crippen molar-refractivity contribution in [3.63, 3.8) is 0 Å². The largest absolute Gasteiger partial charge is 0.350 e. The average Bonchev–Trinajstić information content (AvgIpc) is 3.13. The second kappa shape index (κ2) is 7.29. The second-order valence-electron chi connectivity index (χ2n) is 5.58. The van der Waals surface area contributed by atoms with Gasteiger partial charge in [0.1, 0.15) is 5.01 Å². The van der Waals surface area contributed by atoms with Crippen LogP contribution in [0.15, 0.2) is 29.6 Å². The number of aryl methyl sites for hydroxylation is 1. The standard InChI is InChI=1S/C17H20N2OS2/c1-21-11-17-19-14(10-22-17)9-18-16(20)8-13-7-6-12-4-2-3-5-15(12)13/h2-5,10,13H,6-9,11H2,1H3,(H,18,20)/t13-/m0/s1. The molecule has 1 atom stereocenters. The SMILES string of the molecule is CSCc1nc(CNC(=O)C[C@@H]2CCc3ccccc32)cs1. The third kappa shape index (κ3) is 3.70. The monoisotopic (exact) mass is 332 g/mol. The highest BCUT2D eigenvalue weighted by Crippen LogP contribution is 2.35. The normalized spacial score (nSPS) is 16.5. The van der Waals surface area contributed by atoms with E-state index in [1.54, 1.807) is 23.1 Å². The van der Waals surface area contributed by atoms with Gasteiger partial charge in [-0.3, -0.25) is 4.79 Å². The summed E-state index contributed by atoms with van der Waals surface area (Å²) in [5.41, 5.74) is 3.73. The lowest BCUT2D eigenvalue weighted by Gasteiger charge is -2.11. The lowest BCUT2D eigenvalue weighted by atomic mass is 9.97. The molecule has 1 aliphatic rings. The van der Waals surface area contributed by atoms with Crippen LogP contribution < -0.4 is 5.32 Å². The molecule has 2 aromatic rings. The number of fused-ring (bicyclic) bond motifs is 1. The fourth-order valence-electron chi connectivity index (χ4n) is 2.96. The zero-order valence-corrected chi connectivity index (χ0v) is 14.3. The van der Waals surface area contributed by atoms with Crippen LogP contribution in [0.3, 0.4) is 0 Å². The Kier molecular flexibility index (Phi) is 5.16. The predicted octanol–water partition coefficient (Wildman–Crippen LogP) is 3.74. The molecule has 1 N–H and O–H groups in total. The number of rotatable bonds is 6. The number of thiazole rings is 1. The molecule has 0 bridgehead atoms. The Morgan fingerprint density at radius 2 is 2.32 bits per heavy atom. The summed E-state index contributed by atoms with van der Waals surface area (Å²) in [4.78, 5) is 16.7. The van der Waals surface area contributed by atoms with Crippen molar-refractivity contribution in [2.45, 2.75) is 37.5 Å². The van der Waals surface area contributed by atoms with Crippen LogP contribution in [0.1, 0.15) is 40.6 Å². The molecule has 1 aromatic carbocycles. The van der Waals surface area contributed by atoms with Crippen LogP contribution in [0.4, 0.5) is 0 Å². The highest BCUT2D eigenvalue weighted by atomic mass is 32.2. The van der Waals surface area contributed by atoms with Gasteiger partial charge in [0.05, 0.1) is 12.2 Å². The summed E-state index contributed by atoms with van der Waals surface area (Å²) in [7, 11) is 0. The van der Waals surface area contributed by atoms with E-state index in [9.17, 15) is 4.79 Å². The number of nitrogens with one attached hydrogen (secondary N) is 1. The highest BCUT2D eigenvalue weighted by Gasteiger charge is 2.24. The Balaban J connectivity index is 1.51. The van der Waals surface area contributed by atoms with Crippen molar-refractivity contribution in [1.82, 2.24) is 10.3 Å². The number of hydrogen-bond acceptors (Lipinski definition) is 4. The van der Waals surface area contributed by atoms with Crippen molar-refractivity contribution < 1.29 is 4.79 Å². The van der Waals surface area contributed by atoms with Gasteiger partial charge in [0.15, 0.2) is 0 Å². The molecular formula is C17H20N2OS2. The number of nitrogens with zero attached hydrogens (tertiary/aromatic N) is 1. The number of aromatic nitrogens is 1. The van der Waals surface area contributed by atoms with E-state index in [0.29, 0.717) is 18.9 Å². The maximum Gasteiger partial charge on any atom is 0.220 e. The minimum atomic E-state index is 0.126.